The predicted octanol–water partition coefficient (Wildman–Crippen LogP) is 17.5. The average Bonchev–Trinajstić information content (AvgIpc) is 3.27. The monoisotopic (exact) mass is 869 g/mol. The second kappa shape index (κ2) is 51.0. The lowest BCUT2D eigenvalue weighted by Gasteiger charge is -2.18. The summed E-state index contributed by atoms with van der Waals surface area (Å²) in [7, 11) is 0. The molecule has 0 aromatic carbocycles. The molecule has 6 nitrogen and oxygen atoms in total. The van der Waals surface area contributed by atoms with Crippen LogP contribution in [0.15, 0.2) is 48.6 Å². The number of hydrogen-bond donors (Lipinski definition) is 0. The first-order chi connectivity index (χ1) is 30.5. The Morgan fingerprint density at radius 3 is 0.919 bits per heavy atom. The molecule has 360 valence electrons. The Hall–Kier alpha value is -2.63. The minimum atomic E-state index is -0.779. The Bertz CT molecular complexity index is 1090. The van der Waals surface area contributed by atoms with Crippen LogP contribution >= 0.6 is 0 Å². The van der Waals surface area contributed by atoms with Crippen molar-refractivity contribution >= 4 is 17.9 Å². The van der Waals surface area contributed by atoms with Gasteiger partial charge in [-0.15, -0.1) is 0 Å². The SMILES string of the molecule is CCCCCCC/C=C\C/C=C\C/C=C\CCCCCCCCC(=O)OCC(COC(=O)CCCCCCCCCC)OC(=O)CCCCCCC/C=C\CCCCCCCC. The van der Waals surface area contributed by atoms with E-state index in [9.17, 15) is 14.4 Å². The molecule has 0 aliphatic carbocycles. The van der Waals surface area contributed by atoms with Crippen LogP contribution in [-0.2, 0) is 28.6 Å². The number of hydrogen-bond acceptors (Lipinski definition) is 6. The van der Waals surface area contributed by atoms with E-state index in [0.717, 1.165) is 89.9 Å². The Labute approximate surface area is 384 Å². The van der Waals surface area contributed by atoms with Gasteiger partial charge in [-0.05, 0) is 83.5 Å². The van der Waals surface area contributed by atoms with Crippen molar-refractivity contribution in [1.29, 1.82) is 0 Å². The van der Waals surface area contributed by atoms with Crippen molar-refractivity contribution in [2.45, 2.75) is 277 Å². The van der Waals surface area contributed by atoms with Gasteiger partial charge < -0.3 is 14.2 Å². The van der Waals surface area contributed by atoms with Crippen molar-refractivity contribution < 1.29 is 28.6 Å². The average molecular weight is 869 g/mol. The molecule has 0 rings (SSSR count). The number of esters is 3. The first kappa shape index (κ1) is 59.4. The molecule has 0 aliphatic heterocycles. The van der Waals surface area contributed by atoms with Crippen LogP contribution in [0.4, 0.5) is 0 Å². The van der Waals surface area contributed by atoms with Crippen molar-refractivity contribution in [3.8, 4) is 0 Å². The van der Waals surface area contributed by atoms with Gasteiger partial charge in [0.2, 0.25) is 0 Å². The lowest BCUT2D eigenvalue weighted by molar-refractivity contribution is -0.167. The maximum Gasteiger partial charge on any atom is 0.306 e. The third-order valence-electron chi connectivity index (χ3n) is 11.6. The minimum Gasteiger partial charge on any atom is -0.462 e. The van der Waals surface area contributed by atoms with E-state index in [0.29, 0.717) is 19.3 Å². The number of ether oxygens (including phenoxy) is 3. The van der Waals surface area contributed by atoms with Gasteiger partial charge in [0.1, 0.15) is 13.2 Å². The quantitative estimate of drug-likeness (QED) is 0.0262. The van der Waals surface area contributed by atoms with Gasteiger partial charge in [0.25, 0.3) is 0 Å². The van der Waals surface area contributed by atoms with Crippen LogP contribution in [0.5, 0.6) is 0 Å². The molecule has 0 aliphatic rings. The highest BCUT2D eigenvalue weighted by atomic mass is 16.6. The van der Waals surface area contributed by atoms with Crippen LogP contribution in [0.25, 0.3) is 0 Å². The molecule has 62 heavy (non-hydrogen) atoms. The number of allylic oxidation sites excluding steroid dienone is 8. The number of rotatable bonds is 48. The van der Waals surface area contributed by atoms with Crippen LogP contribution in [0.1, 0.15) is 271 Å². The molecule has 0 spiro atoms. The van der Waals surface area contributed by atoms with Crippen molar-refractivity contribution in [1.82, 2.24) is 0 Å². The van der Waals surface area contributed by atoms with Gasteiger partial charge in [0, 0.05) is 19.3 Å². The number of unbranched alkanes of at least 4 members (excludes halogenated alkanes) is 29. The zero-order chi connectivity index (χ0) is 45.1. The van der Waals surface area contributed by atoms with Crippen LogP contribution < -0.4 is 0 Å². The van der Waals surface area contributed by atoms with Crippen LogP contribution in [-0.4, -0.2) is 37.2 Å². The van der Waals surface area contributed by atoms with Crippen molar-refractivity contribution in [2.24, 2.45) is 0 Å². The predicted molar refractivity (Wildman–Crippen MR) is 265 cm³/mol. The van der Waals surface area contributed by atoms with Gasteiger partial charge in [0.05, 0.1) is 0 Å². The summed E-state index contributed by atoms with van der Waals surface area (Å²) in [5.41, 5.74) is 0. The largest absolute Gasteiger partial charge is 0.462 e. The summed E-state index contributed by atoms with van der Waals surface area (Å²) in [4.78, 5) is 37.9. The standard InChI is InChI=1S/C56H100O6/c1-4-7-10-13-16-19-21-23-25-26-27-28-29-30-32-33-35-37-40-43-46-49-55(58)61-52-53(51-60-54(57)48-45-42-39-18-15-12-9-6-3)62-56(59)50-47-44-41-38-36-34-31-24-22-20-17-14-11-8-5-2/h21,23-24,26-27,29-31,53H,4-20,22,25,28,32-52H2,1-3H3/b23-21-,27-26-,30-29-,31-24-. The molecule has 0 N–H and O–H groups in total. The second-order valence-corrected chi connectivity index (χ2v) is 17.8. The fourth-order valence-corrected chi connectivity index (χ4v) is 7.50. The first-order valence-corrected chi connectivity index (χ1v) is 26.6. The van der Waals surface area contributed by atoms with Gasteiger partial charge in [0.15, 0.2) is 6.10 Å². The second-order valence-electron chi connectivity index (χ2n) is 17.8. The molecule has 0 aromatic rings. The Balaban J connectivity index is 4.29. The zero-order valence-corrected chi connectivity index (χ0v) is 41.1. The lowest BCUT2D eigenvalue weighted by atomic mass is 10.1. The zero-order valence-electron chi connectivity index (χ0n) is 41.1. The molecule has 1 unspecified atom stereocenters. The van der Waals surface area contributed by atoms with Gasteiger partial charge in [-0.25, -0.2) is 0 Å². The van der Waals surface area contributed by atoms with Gasteiger partial charge in [-0.1, -0.05) is 217 Å². The van der Waals surface area contributed by atoms with Crippen LogP contribution in [0, 0.1) is 0 Å². The highest BCUT2D eigenvalue weighted by Gasteiger charge is 2.19. The number of carbonyl (C=O) groups is 3. The molecule has 0 aromatic heterocycles. The molecule has 0 saturated heterocycles. The topological polar surface area (TPSA) is 78.9 Å². The smallest absolute Gasteiger partial charge is 0.306 e. The highest BCUT2D eigenvalue weighted by molar-refractivity contribution is 5.71. The van der Waals surface area contributed by atoms with Crippen molar-refractivity contribution in [2.75, 3.05) is 13.2 Å². The third kappa shape index (κ3) is 48.4. The maximum atomic E-state index is 12.8. The summed E-state index contributed by atoms with van der Waals surface area (Å²) in [6.07, 6.45) is 61.0. The van der Waals surface area contributed by atoms with Gasteiger partial charge in [-0.2, -0.15) is 0 Å². The summed E-state index contributed by atoms with van der Waals surface area (Å²) in [6.45, 7) is 6.59. The van der Waals surface area contributed by atoms with E-state index in [1.54, 1.807) is 0 Å². The van der Waals surface area contributed by atoms with Crippen LogP contribution in [0.3, 0.4) is 0 Å². The Kier molecular flexibility index (Phi) is 48.8. The van der Waals surface area contributed by atoms with E-state index in [1.807, 2.05) is 0 Å². The van der Waals surface area contributed by atoms with E-state index in [-0.39, 0.29) is 31.1 Å². The van der Waals surface area contributed by atoms with Gasteiger partial charge in [-0.3, -0.25) is 14.4 Å². The van der Waals surface area contributed by atoms with E-state index in [1.165, 1.54) is 141 Å². The van der Waals surface area contributed by atoms with E-state index in [2.05, 4.69) is 69.4 Å². The van der Waals surface area contributed by atoms with Gasteiger partial charge >= 0.3 is 17.9 Å². The van der Waals surface area contributed by atoms with Crippen LogP contribution in [0.2, 0.25) is 0 Å². The fraction of sp³-hybridized carbons (Fsp3) is 0.804. The summed E-state index contributed by atoms with van der Waals surface area (Å²) in [5, 5.41) is 0. The minimum absolute atomic E-state index is 0.0793. The molecular formula is C56H100O6. The molecule has 0 heterocycles. The number of carbonyl (C=O) groups excluding carboxylic acids is 3. The summed E-state index contributed by atoms with van der Waals surface area (Å²) < 4.78 is 16.7. The molecule has 0 radical (unpaired) electrons. The van der Waals surface area contributed by atoms with Crippen molar-refractivity contribution in [3.63, 3.8) is 0 Å². The third-order valence-corrected chi connectivity index (χ3v) is 11.6. The fourth-order valence-electron chi connectivity index (χ4n) is 7.50. The maximum absolute atomic E-state index is 12.8. The molecule has 0 bridgehead atoms. The molecule has 1 atom stereocenters. The Morgan fingerprint density at radius 1 is 0.323 bits per heavy atom. The summed E-state index contributed by atoms with van der Waals surface area (Å²) in [6, 6.07) is 0. The molecular weight excluding hydrogens is 769 g/mol. The summed E-state index contributed by atoms with van der Waals surface area (Å²) in [5.74, 6) is -0.898. The van der Waals surface area contributed by atoms with Crippen molar-refractivity contribution in [3.05, 3.63) is 48.6 Å². The van der Waals surface area contributed by atoms with E-state index >= 15 is 0 Å². The molecule has 0 amide bonds. The highest BCUT2D eigenvalue weighted by Crippen LogP contribution is 2.14. The van der Waals surface area contributed by atoms with E-state index in [4.69, 9.17) is 14.2 Å². The van der Waals surface area contributed by atoms with E-state index < -0.39 is 6.10 Å². The Morgan fingerprint density at radius 2 is 0.581 bits per heavy atom. The first-order valence-electron chi connectivity index (χ1n) is 26.6. The molecule has 6 heteroatoms. The normalized spacial score (nSPS) is 12.4. The summed E-state index contributed by atoms with van der Waals surface area (Å²) >= 11 is 0. The lowest BCUT2D eigenvalue weighted by Crippen LogP contribution is -2.30. The molecule has 0 saturated carbocycles. The molecule has 0 fully saturated rings.